The first kappa shape index (κ1) is 34.9. The minimum Gasteiger partial charge on any atom is -0.480 e. The van der Waals surface area contributed by atoms with Crippen LogP contribution in [0.4, 0.5) is 0 Å². The molecule has 2 aromatic carbocycles. The Morgan fingerprint density at radius 1 is 0.936 bits per heavy atom. The number of carbonyl (C=O) groups excluding carboxylic acids is 3. The van der Waals surface area contributed by atoms with Crippen molar-refractivity contribution in [2.75, 3.05) is 6.54 Å². The van der Waals surface area contributed by atoms with Gasteiger partial charge in [-0.1, -0.05) is 71.4 Å². The van der Waals surface area contributed by atoms with E-state index >= 15 is 0 Å². The molecule has 0 fully saturated rings. The largest absolute Gasteiger partial charge is 0.480 e. The highest BCUT2D eigenvalue weighted by Gasteiger charge is 2.30. The van der Waals surface area contributed by atoms with Crippen molar-refractivity contribution >= 4 is 45.6 Å². The molecule has 11 heteroatoms. The second kappa shape index (κ2) is 14.2. The predicted octanol–water partition coefficient (Wildman–Crippen LogP) is 4.46. The van der Waals surface area contributed by atoms with Crippen molar-refractivity contribution in [1.82, 2.24) is 16.0 Å². The topological polar surface area (TPSA) is 168 Å². The second-order valence-corrected chi connectivity index (χ2v) is 13.1. The molecule has 0 bridgehead atoms. The molecule has 3 atom stereocenters. The standard InChI is InChI=1S/C36H43N3O8/c1-8-19(2)30(33(42)38-27(34(43)44)14-22-12-10-9-11-13-22)39-29(41)17-37-28(40)16-24-20(3)23-15-25-26(36(5,6)7)18-46-31(25)21(4)32(23)47-35(24)45/h9-13,15,18-19,27,30H,8,14,16-17H2,1-7H3,(H,37,40)(H,38,42)(H,39,41)(H,43,44)/t19-,27+,30+/m0/s1. The number of amides is 3. The van der Waals surface area contributed by atoms with Gasteiger partial charge in [0.2, 0.25) is 17.7 Å². The van der Waals surface area contributed by atoms with Crippen LogP contribution < -0.4 is 21.6 Å². The van der Waals surface area contributed by atoms with Gasteiger partial charge in [0, 0.05) is 28.3 Å². The minimum absolute atomic E-state index is 0.0750. The third kappa shape index (κ3) is 7.90. The second-order valence-electron chi connectivity index (χ2n) is 13.1. The highest BCUT2D eigenvalue weighted by Crippen LogP contribution is 2.37. The lowest BCUT2D eigenvalue weighted by Crippen LogP contribution is -2.55. The molecule has 0 aliphatic rings. The van der Waals surface area contributed by atoms with E-state index in [0.717, 1.165) is 16.5 Å². The summed E-state index contributed by atoms with van der Waals surface area (Å²) in [5, 5.41) is 19.0. The van der Waals surface area contributed by atoms with Gasteiger partial charge in [0.1, 0.15) is 23.2 Å². The van der Waals surface area contributed by atoms with Gasteiger partial charge in [-0.2, -0.15) is 0 Å². The van der Waals surface area contributed by atoms with Crippen LogP contribution in [0, 0.1) is 19.8 Å². The Morgan fingerprint density at radius 2 is 1.62 bits per heavy atom. The van der Waals surface area contributed by atoms with Crippen LogP contribution in [-0.4, -0.2) is 47.4 Å². The van der Waals surface area contributed by atoms with Crippen molar-refractivity contribution in [2.45, 2.75) is 85.2 Å². The molecular weight excluding hydrogens is 602 g/mol. The lowest BCUT2D eigenvalue weighted by atomic mass is 9.86. The number of nitrogens with one attached hydrogen (secondary N) is 3. The van der Waals surface area contributed by atoms with E-state index in [2.05, 4.69) is 36.7 Å². The molecule has 0 aliphatic heterocycles. The maximum Gasteiger partial charge on any atom is 0.340 e. The van der Waals surface area contributed by atoms with Crippen LogP contribution in [0.5, 0.6) is 0 Å². The summed E-state index contributed by atoms with van der Waals surface area (Å²) in [6, 6.07) is 8.60. The number of rotatable bonds is 12. The minimum atomic E-state index is -1.20. The molecular formula is C36H43N3O8. The number of hydrogen-bond acceptors (Lipinski definition) is 7. The van der Waals surface area contributed by atoms with Crippen LogP contribution in [-0.2, 0) is 37.4 Å². The highest BCUT2D eigenvalue weighted by atomic mass is 16.4. The molecule has 4 aromatic rings. The van der Waals surface area contributed by atoms with Crippen molar-refractivity contribution in [3.8, 4) is 0 Å². The molecule has 0 saturated carbocycles. The fourth-order valence-electron chi connectivity index (χ4n) is 5.62. The SMILES string of the molecule is CC[C@H](C)[C@@H](NC(=O)CNC(=O)Cc1c(C)c2cc3c(C(C)(C)C)coc3c(C)c2oc1=O)C(=O)N[C@H](Cc1ccccc1)C(=O)O. The highest BCUT2D eigenvalue weighted by molar-refractivity contribution is 6.00. The van der Waals surface area contributed by atoms with E-state index in [4.69, 9.17) is 8.83 Å². The van der Waals surface area contributed by atoms with E-state index in [1.165, 1.54) is 0 Å². The van der Waals surface area contributed by atoms with Crippen molar-refractivity contribution in [2.24, 2.45) is 5.92 Å². The number of carboxylic acids is 1. The van der Waals surface area contributed by atoms with E-state index in [0.29, 0.717) is 34.1 Å². The van der Waals surface area contributed by atoms with Gasteiger partial charge in [0.25, 0.3) is 0 Å². The zero-order valence-electron chi connectivity index (χ0n) is 27.9. The number of carboxylic acid groups (broad SMARTS) is 1. The van der Waals surface area contributed by atoms with Gasteiger partial charge in [0.05, 0.1) is 24.8 Å². The third-order valence-electron chi connectivity index (χ3n) is 8.64. The summed E-state index contributed by atoms with van der Waals surface area (Å²) in [5.41, 5.74) is 3.39. The van der Waals surface area contributed by atoms with Crippen LogP contribution in [0.25, 0.3) is 21.9 Å². The van der Waals surface area contributed by atoms with Gasteiger partial charge in [-0.05, 0) is 42.4 Å². The average molecular weight is 646 g/mol. The van der Waals surface area contributed by atoms with Crippen LogP contribution >= 0.6 is 0 Å². The van der Waals surface area contributed by atoms with Gasteiger partial charge in [-0.3, -0.25) is 14.4 Å². The van der Waals surface area contributed by atoms with Gasteiger partial charge in [0.15, 0.2) is 0 Å². The number of hydrogen-bond donors (Lipinski definition) is 4. The van der Waals surface area contributed by atoms with Gasteiger partial charge >= 0.3 is 11.6 Å². The summed E-state index contributed by atoms with van der Waals surface area (Å²) in [7, 11) is 0. The van der Waals surface area contributed by atoms with E-state index in [-0.39, 0.29) is 29.7 Å². The van der Waals surface area contributed by atoms with E-state index in [9.17, 15) is 29.1 Å². The zero-order chi connectivity index (χ0) is 34.6. The van der Waals surface area contributed by atoms with E-state index in [1.807, 2.05) is 26.0 Å². The van der Waals surface area contributed by atoms with E-state index < -0.39 is 47.9 Å². The lowest BCUT2D eigenvalue weighted by molar-refractivity contribution is -0.142. The summed E-state index contributed by atoms with van der Waals surface area (Å²) in [5.74, 6) is -3.37. The Hall–Kier alpha value is -4.93. The summed E-state index contributed by atoms with van der Waals surface area (Å²) >= 11 is 0. The number of aryl methyl sites for hydroxylation is 2. The van der Waals surface area contributed by atoms with E-state index in [1.54, 1.807) is 44.4 Å². The quantitative estimate of drug-likeness (QED) is 0.164. The number of benzene rings is 2. The maximum atomic E-state index is 13.2. The molecule has 250 valence electrons. The summed E-state index contributed by atoms with van der Waals surface area (Å²) < 4.78 is 11.5. The summed E-state index contributed by atoms with van der Waals surface area (Å²) in [4.78, 5) is 64.0. The molecule has 0 unspecified atom stereocenters. The molecule has 4 rings (SSSR count). The molecule has 0 spiro atoms. The van der Waals surface area contributed by atoms with Crippen LogP contribution in [0.15, 0.2) is 56.3 Å². The molecule has 4 N–H and O–H groups in total. The van der Waals surface area contributed by atoms with Crippen molar-refractivity contribution in [3.63, 3.8) is 0 Å². The first-order chi connectivity index (χ1) is 22.1. The maximum absolute atomic E-state index is 13.2. The van der Waals surface area contributed by atoms with Crippen LogP contribution in [0.1, 0.15) is 68.9 Å². The molecule has 0 saturated heterocycles. The van der Waals surface area contributed by atoms with Gasteiger partial charge < -0.3 is 29.9 Å². The number of carbonyl (C=O) groups is 4. The smallest absolute Gasteiger partial charge is 0.340 e. The normalized spacial score (nSPS) is 13.6. The zero-order valence-corrected chi connectivity index (χ0v) is 27.9. The number of aliphatic carboxylic acids is 1. The molecule has 0 aliphatic carbocycles. The number of fused-ring (bicyclic) bond motifs is 2. The Labute approximate surface area is 273 Å². The first-order valence-corrected chi connectivity index (χ1v) is 15.7. The van der Waals surface area contributed by atoms with Crippen molar-refractivity contribution in [1.29, 1.82) is 0 Å². The summed E-state index contributed by atoms with van der Waals surface area (Å²) in [6.07, 6.45) is 2.00. The lowest BCUT2D eigenvalue weighted by Gasteiger charge is -2.25. The third-order valence-corrected chi connectivity index (χ3v) is 8.64. The summed E-state index contributed by atoms with van der Waals surface area (Å²) in [6.45, 7) is 13.0. The number of furan rings is 1. The fourth-order valence-corrected chi connectivity index (χ4v) is 5.62. The molecule has 2 aromatic heterocycles. The molecule has 47 heavy (non-hydrogen) atoms. The fraction of sp³-hybridized carbons (Fsp3) is 0.417. The average Bonchev–Trinajstić information content (AvgIpc) is 3.46. The monoisotopic (exact) mass is 645 g/mol. The molecule has 11 nitrogen and oxygen atoms in total. The van der Waals surface area contributed by atoms with Crippen LogP contribution in [0.3, 0.4) is 0 Å². The Bertz CT molecular complexity index is 1870. The Balaban J connectivity index is 1.45. The van der Waals surface area contributed by atoms with Gasteiger partial charge in [-0.15, -0.1) is 0 Å². The van der Waals surface area contributed by atoms with Gasteiger partial charge in [-0.25, -0.2) is 9.59 Å². The van der Waals surface area contributed by atoms with Crippen molar-refractivity contribution in [3.05, 3.63) is 80.9 Å². The Morgan fingerprint density at radius 3 is 2.23 bits per heavy atom. The van der Waals surface area contributed by atoms with Crippen LogP contribution in [0.2, 0.25) is 0 Å². The predicted molar refractivity (Wildman–Crippen MR) is 178 cm³/mol. The molecule has 3 amide bonds. The Kier molecular flexibility index (Phi) is 10.6. The van der Waals surface area contributed by atoms with Crippen molar-refractivity contribution < 1.29 is 33.1 Å². The first-order valence-electron chi connectivity index (χ1n) is 15.7. The molecule has 0 radical (unpaired) electrons. The molecule has 2 heterocycles.